The van der Waals surface area contributed by atoms with Gasteiger partial charge in [0.25, 0.3) is 0 Å². The Bertz CT molecular complexity index is 314. The van der Waals surface area contributed by atoms with Crippen molar-refractivity contribution in [3.05, 3.63) is 30.1 Å². The molecule has 1 heterocycles. The Morgan fingerprint density at radius 3 is 2.53 bits per heavy atom. The minimum absolute atomic E-state index is 0.0295. The van der Waals surface area contributed by atoms with E-state index in [9.17, 15) is 4.79 Å². The molecule has 1 unspecified atom stereocenters. The van der Waals surface area contributed by atoms with Crippen molar-refractivity contribution in [2.45, 2.75) is 26.0 Å². The van der Waals surface area contributed by atoms with E-state index in [0.717, 1.165) is 5.56 Å². The monoisotopic (exact) mass is 208 g/mol. The van der Waals surface area contributed by atoms with Crippen LogP contribution in [0.4, 0.5) is 0 Å². The van der Waals surface area contributed by atoms with Crippen LogP contribution in [0.1, 0.15) is 25.5 Å². The van der Waals surface area contributed by atoms with Crippen LogP contribution < -0.4 is 5.32 Å². The smallest absolute Gasteiger partial charge is 0.249 e. The highest BCUT2D eigenvalue weighted by molar-refractivity contribution is 5.80. The van der Waals surface area contributed by atoms with E-state index in [4.69, 9.17) is 4.74 Å². The number of amides is 1. The second kappa shape index (κ2) is 5.46. The van der Waals surface area contributed by atoms with E-state index in [1.165, 1.54) is 7.11 Å². The lowest BCUT2D eigenvalue weighted by Crippen LogP contribution is -2.35. The van der Waals surface area contributed by atoms with Gasteiger partial charge in [-0.05, 0) is 31.5 Å². The lowest BCUT2D eigenvalue weighted by molar-refractivity contribution is -0.130. The van der Waals surface area contributed by atoms with Gasteiger partial charge in [0, 0.05) is 19.5 Å². The second-order valence-corrected chi connectivity index (χ2v) is 3.39. The van der Waals surface area contributed by atoms with Gasteiger partial charge in [0.05, 0.1) is 6.04 Å². The summed E-state index contributed by atoms with van der Waals surface area (Å²) in [7, 11) is 1.52. The number of rotatable bonds is 4. The van der Waals surface area contributed by atoms with Crippen molar-refractivity contribution in [3.63, 3.8) is 0 Å². The quantitative estimate of drug-likeness (QED) is 0.811. The van der Waals surface area contributed by atoms with Gasteiger partial charge >= 0.3 is 0 Å². The van der Waals surface area contributed by atoms with E-state index in [2.05, 4.69) is 10.3 Å². The molecule has 1 aromatic rings. The predicted octanol–water partition coefficient (Wildman–Crippen LogP) is 1.29. The molecule has 4 nitrogen and oxygen atoms in total. The maximum absolute atomic E-state index is 11.5. The van der Waals surface area contributed by atoms with Crippen molar-refractivity contribution in [1.29, 1.82) is 0 Å². The summed E-state index contributed by atoms with van der Waals surface area (Å²) in [4.78, 5) is 15.4. The van der Waals surface area contributed by atoms with Crippen LogP contribution in [0.25, 0.3) is 0 Å². The number of hydrogen-bond donors (Lipinski definition) is 1. The summed E-state index contributed by atoms with van der Waals surface area (Å²) in [5, 5.41) is 2.86. The Morgan fingerprint density at radius 2 is 2.00 bits per heavy atom. The fraction of sp³-hybridized carbons (Fsp3) is 0.455. The molecule has 1 rings (SSSR count). The average Bonchev–Trinajstić information content (AvgIpc) is 2.29. The molecule has 0 aliphatic carbocycles. The molecule has 0 spiro atoms. The van der Waals surface area contributed by atoms with Crippen molar-refractivity contribution < 1.29 is 9.53 Å². The summed E-state index contributed by atoms with van der Waals surface area (Å²) >= 11 is 0. The van der Waals surface area contributed by atoms with Crippen LogP contribution in [0, 0.1) is 0 Å². The number of nitrogens with one attached hydrogen (secondary N) is 1. The molecule has 0 radical (unpaired) electrons. The molecule has 1 N–H and O–H groups in total. The lowest BCUT2D eigenvalue weighted by Gasteiger charge is -2.16. The number of pyridine rings is 1. The third kappa shape index (κ3) is 3.32. The van der Waals surface area contributed by atoms with E-state index in [1.54, 1.807) is 19.3 Å². The number of hydrogen-bond acceptors (Lipinski definition) is 3. The van der Waals surface area contributed by atoms with Crippen LogP contribution in [0.2, 0.25) is 0 Å². The van der Waals surface area contributed by atoms with E-state index in [-0.39, 0.29) is 11.9 Å². The molecule has 0 saturated heterocycles. The molecule has 1 amide bonds. The van der Waals surface area contributed by atoms with Gasteiger partial charge < -0.3 is 10.1 Å². The maximum Gasteiger partial charge on any atom is 0.249 e. The van der Waals surface area contributed by atoms with Gasteiger partial charge in [-0.2, -0.15) is 0 Å². The van der Waals surface area contributed by atoms with Gasteiger partial charge in [0.15, 0.2) is 0 Å². The van der Waals surface area contributed by atoms with Gasteiger partial charge in [-0.25, -0.2) is 0 Å². The largest absolute Gasteiger partial charge is 0.372 e. The van der Waals surface area contributed by atoms with Crippen molar-refractivity contribution in [2.75, 3.05) is 7.11 Å². The molecule has 4 heteroatoms. The van der Waals surface area contributed by atoms with Crippen LogP contribution >= 0.6 is 0 Å². The summed E-state index contributed by atoms with van der Waals surface area (Å²) in [5.41, 5.74) is 1.03. The zero-order valence-electron chi connectivity index (χ0n) is 9.23. The number of nitrogens with zero attached hydrogens (tertiary/aromatic N) is 1. The standard InChI is InChI=1S/C11H16N2O2/c1-8(10-4-6-12-7-5-10)13-11(14)9(2)15-3/h4-9H,1-3H3,(H,13,14)/t8-,9?/m1/s1. The Morgan fingerprint density at radius 1 is 1.40 bits per heavy atom. The summed E-state index contributed by atoms with van der Waals surface area (Å²) in [6.07, 6.45) is 2.99. The minimum Gasteiger partial charge on any atom is -0.372 e. The van der Waals surface area contributed by atoms with Gasteiger partial charge in [-0.15, -0.1) is 0 Å². The molecule has 15 heavy (non-hydrogen) atoms. The fourth-order valence-corrected chi connectivity index (χ4v) is 1.17. The number of methoxy groups -OCH3 is 1. The highest BCUT2D eigenvalue weighted by Crippen LogP contribution is 2.10. The zero-order valence-corrected chi connectivity index (χ0v) is 9.23. The Balaban J connectivity index is 2.56. The summed E-state index contributed by atoms with van der Waals surface area (Å²) in [5.74, 6) is -0.109. The van der Waals surface area contributed by atoms with Gasteiger partial charge in [-0.3, -0.25) is 9.78 Å². The highest BCUT2D eigenvalue weighted by atomic mass is 16.5. The van der Waals surface area contributed by atoms with Crippen molar-refractivity contribution in [1.82, 2.24) is 10.3 Å². The van der Waals surface area contributed by atoms with Crippen LogP contribution in [0.3, 0.4) is 0 Å². The van der Waals surface area contributed by atoms with Crippen LogP contribution in [-0.2, 0) is 9.53 Å². The summed E-state index contributed by atoms with van der Waals surface area (Å²) in [6.45, 7) is 3.64. The maximum atomic E-state index is 11.5. The van der Waals surface area contributed by atoms with Gasteiger partial charge in [0.1, 0.15) is 6.10 Å². The lowest BCUT2D eigenvalue weighted by atomic mass is 10.1. The topological polar surface area (TPSA) is 51.2 Å². The normalized spacial score (nSPS) is 14.3. The SMILES string of the molecule is COC(C)C(=O)N[C@H](C)c1ccncc1. The molecule has 0 saturated carbocycles. The van der Waals surface area contributed by atoms with Crippen molar-refractivity contribution in [3.8, 4) is 0 Å². The molecule has 0 aliphatic rings. The van der Waals surface area contributed by atoms with E-state index >= 15 is 0 Å². The fourth-order valence-electron chi connectivity index (χ4n) is 1.17. The molecule has 1 aromatic heterocycles. The zero-order chi connectivity index (χ0) is 11.3. The Labute approximate surface area is 89.7 Å². The van der Waals surface area contributed by atoms with Crippen molar-refractivity contribution >= 4 is 5.91 Å². The third-order valence-electron chi connectivity index (χ3n) is 2.29. The molecule has 0 fully saturated rings. The number of carbonyl (C=O) groups excluding carboxylic acids is 1. The third-order valence-corrected chi connectivity index (χ3v) is 2.29. The molecule has 0 bridgehead atoms. The number of ether oxygens (including phenoxy) is 1. The summed E-state index contributed by atoms with van der Waals surface area (Å²) < 4.78 is 4.92. The van der Waals surface area contributed by atoms with Crippen LogP contribution in [0.5, 0.6) is 0 Å². The highest BCUT2D eigenvalue weighted by Gasteiger charge is 2.14. The van der Waals surface area contributed by atoms with Crippen molar-refractivity contribution in [2.24, 2.45) is 0 Å². The first-order chi connectivity index (χ1) is 7.15. The minimum atomic E-state index is -0.422. The Hall–Kier alpha value is -1.42. The number of carbonyl (C=O) groups is 1. The Kier molecular flexibility index (Phi) is 4.24. The first-order valence-corrected chi connectivity index (χ1v) is 4.88. The molecule has 0 aliphatic heterocycles. The summed E-state index contributed by atoms with van der Waals surface area (Å²) in [6, 6.07) is 3.73. The average molecular weight is 208 g/mol. The molecule has 82 valence electrons. The van der Waals surface area contributed by atoms with Gasteiger partial charge in [0.2, 0.25) is 5.91 Å². The molecule has 0 aromatic carbocycles. The van der Waals surface area contributed by atoms with Crippen LogP contribution in [-0.4, -0.2) is 24.1 Å². The first-order valence-electron chi connectivity index (χ1n) is 4.88. The predicted molar refractivity (Wildman–Crippen MR) is 57.3 cm³/mol. The van der Waals surface area contributed by atoms with Gasteiger partial charge in [-0.1, -0.05) is 0 Å². The number of aromatic nitrogens is 1. The molecular weight excluding hydrogens is 192 g/mol. The van der Waals surface area contributed by atoms with E-state index in [1.807, 2.05) is 19.1 Å². The first kappa shape index (κ1) is 11.7. The second-order valence-electron chi connectivity index (χ2n) is 3.39. The van der Waals surface area contributed by atoms with E-state index in [0.29, 0.717) is 0 Å². The van der Waals surface area contributed by atoms with E-state index < -0.39 is 6.10 Å². The molecular formula is C11H16N2O2. The molecule has 2 atom stereocenters. The van der Waals surface area contributed by atoms with Crippen LogP contribution in [0.15, 0.2) is 24.5 Å².